The van der Waals surface area contributed by atoms with E-state index < -0.39 is 26.7 Å². The van der Waals surface area contributed by atoms with Crippen LogP contribution >= 0.6 is 0 Å². The van der Waals surface area contributed by atoms with Gasteiger partial charge in [-0.25, -0.2) is 13.2 Å². The van der Waals surface area contributed by atoms with Gasteiger partial charge in [0.05, 0.1) is 24.7 Å². The van der Waals surface area contributed by atoms with Crippen LogP contribution in [0.25, 0.3) is 0 Å². The number of halogens is 3. The van der Waals surface area contributed by atoms with E-state index in [4.69, 9.17) is 14.6 Å². The van der Waals surface area contributed by atoms with E-state index in [2.05, 4.69) is 4.98 Å². The van der Waals surface area contributed by atoms with Gasteiger partial charge in [0.15, 0.2) is 9.84 Å². The van der Waals surface area contributed by atoms with Crippen LogP contribution in [0.5, 0.6) is 5.75 Å². The predicted molar refractivity (Wildman–Crippen MR) is 121 cm³/mol. The van der Waals surface area contributed by atoms with Crippen LogP contribution in [0.15, 0.2) is 42.5 Å². The minimum atomic E-state index is -5.08. The van der Waals surface area contributed by atoms with Gasteiger partial charge in [-0.1, -0.05) is 12.1 Å². The van der Waals surface area contributed by atoms with Gasteiger partial charge in [-0.15, -0.1) is 0 Å². The van der Waals surface area contributed by atoms with Gasteiger partial charge in [0.2, 0.25) is 0 Å². The van der Waals surface area contributed by atoms with Crippen molar-refractivity contribution in [3.8, 4) is 5.75 Å². The van der Waals surface area contributed by atoms with Gasteiger partial charge in [0, 0.05) is 30.3 Å². The number of ether oxygens (including phenoxy) is 1. The van der Waals surface area contributed by atoms with Gasteiger partial charge in [0.1, 0.15) is 10.5 Å². The van der Waals surface area contributed by atoms with Crippen LogP contribution in [0.1, 0.15) is 28.2 Å². The smallest absolute Gasteiger partial charge is 0.490 e. The first-order valence-electron chi connectivity index (χ1n) is 10.9. The van der Waals surface area contributed by atoms with Crippen LogP contribution in [0.2, 0.25) is 0 Å². The lowest BCUT2D eigenvalue weighted by atomic mass is 9.83. The molecule has 2 aliphatic rings. The molecule has 2 aliphatic heterocycles. The Morgan fingerprint density at radius 1 is 1.19 bits per heavy atom. The molecule has 2 aromatic rings. The number of aliphatic carboxylic acids is 1. The highest BCUT2D eigenvalue weighted by molar-refractivity contribution is 7.93. The number of carboxylic acids is 1. The largest absolute Gasteiger partial charge is 0.508 e. The number of sulfone groups is 1. The van der Waals surface area contributed by atoms with Crippen molar-refractivity contribution in [1.82, 2.24) is 9.88 Å². The Morgan fingerprint density at radius 2 is 1.83 bits per heavy atom. The van der Waals surface area contributed by atoms with E-state index in [1.54, 1.807) is 12.1 Å². The van der Waals surface area contributed by atoms with Crippen molar-refractivity contribution in [3.63, 3.8) is 0 Å². The molecule has 0 bridgehead atoms. The van der Waals surface area contributed by atoms with Crippen LogP contribution in [-0.2, 0) is 26.0 Å². The van der Waals surface area contributed by atoms with E-state index in [1.165, 1.54) is 17.0 Å². The molecule has 1 amide bonds. The highest BCUT2D eigenvalue weighted by Gasteiger charge is 2.62. The molecule has 4 rings (SSSR count). The molecule has 2 fully saturated rings. The lowest BCUT2D eigenvalue weighted by Gasteiger charge is -2.49. The highest BCUT2D eigenvalue weighted by Crippen LogP contribution is 2.45. The SMILES string of the molecule is Cc1cccc(COCC2CCS(=O)(=O)C23CN(C(=O)c2cccc(O)c2)C3)n1.O=C(O)C(F)(F)F. The molecule has 0 saturated carbocycles. The van der Waals surface area contributed by atoms with Crippen LogP contribution in [0.3, 0.4) is 0 Å². The molecule has 13 heteroatoms. The number of aryl methyl sites for hydroxylation is 1. The van der Waals surface area contributed by atoms with Gasteiger partial charge in [-0.05, 0) is 43.7 Å². The zero-order valence-electron chi connectivity index (χ0n) is 19.2. The minimum Gasteiger partial charge on any atom is -0.508 e. The van der Waals surface area contributed by atoms with Gasteiger partial charge in [-0.2, -0.15) is 13.2 Å². The molecular weight excluding hydrogens is 505 g/mol. The molecule has 1 unspecified atom stereocenters. The first kappa shape index (κ1) is 27.4. The number of benzene rings is 1. The zero-order chi connectivity index (χ0) is 26.7. The fourth-order valence-corrected chi connectivity index (χ4v) is 6.66. The molecule has 1 aromatic heterocycles. The third kappa shape index (κ3) is 5.95. The summed E-state index contributed by atoms with van der Waals surface area (Å²) in [5.41, 5.74) is 2.08. The summed E-state index contributed by atoms with van der Waals surface area (Å²) in [5, 5.41) is 16.7. The van der Waals surface area contributed by atoms with E-state index >= 15 is 0 Å². The molecule has 9 nitrogen and oxygen atoms in total. The Balaban J connectivity index is 0.000000454. The van der Waals surface area contributed by atoms with Crippen LogP contribution in [0.4, 0.5) is 13.2 Å². The lowest BCUT2D eigenvalue weighted by Crippen LogP contribution is -2.68. The molecule has 0 aliphatic carbocycles. The number of alkyl halides is 3. The van der Waals surface area contributed by atoms with Crippen molar-refractivity contribution in [2.45, 2.75) is 30.9 Å². The van der Waals surface area contributed by atoms with Gasteiger partial charge < -0.3 is 19.8 Å². The summed E-state index contributed by atoms with van der Waals surface area (Å²) in [6, 6.07) is 11.8. The topological polar surface area (TPSA) is 134 Å². The molecule has 2 saturated heterocycles. The minimum absolute atomic E-state index is 0.00982. The number of pyridine rings is 1. The first-order chi connectivity index (χ1) is 16.7. The standard InChI is InChI=1S/C21H24N2O5S.C2HF3O2/c1-15-4-2-6-18(22-15)12-28-11-17-8-9-29(26,27)21(17)13-23(14-21)20(25)16-5-3-7-19(24)10-16;3-2(4,5)1(6)7/h2-7,10,17,24H,8-9,11-14H2,1H3;(H,6,7). The molecule has 36 heavy (non-hydrogen) atoms. The Bertz CT molecular complexity index is 1230. The Hall–Kier alpha value is -3.19. The number of aromatic nitrogens is 1. The van der Waals surface area contributed by atoms with Crippen LogP contribution < -0.4 is 0 Å². The van der Waals surface area contributed by atoms with Crippen LogP contribution in [0, 0.1) is 12.8 Å². The Morgan fingerprint density at radius 3 is 2.42 bits per heavy atom. The van der Waals surface area contributed by atoms with E-state index in [1.807, 2.05) is 25.1 Å². The summed E-state index contributed by atoms with van der Waals surface area (Å²) in [6.07, 6.45) is -4.54. The average molecular weight is 531 g/mol. The van der Waals surface area contributed by atoms with Crippen molar-refractivity contribution in [2.75, 3.05) is 25.4 Å². The second-order valence-corrected chi connectivity index (χ2v) is 11.1. The maximum absolute atomic E-state index is 12.8. The molecule has 1 spiro atoms. The number of likely N-dealkylation sites (tertiary alicyclic amines) is 1. The number of rotatable bonds is 5. The number of aromatic hydroxyl groups is 1. The number of carboxylic acid groups (broad SMARTS) is 1. The summed E-state index contributed by atoms with van der Waals surface area (Å²) >= 11 is 0. The molecule has 2 N–H and O–H groups in total. The number of hydrogen-bond acceptors (Lipinski definition) is 7. The van der Waals surface area contributed by atoms with Gasteiger partial charge in [-0.3, -0.25) is 9.78 Å². The third-order valence-corrected chi connectivity index (χ3v) is 8.76. The number of hydrogen-bond donors (Lipinski definition) is 2. The second kappa shape index (κ2) is 10.4. The van der Waals surface area contributed by atoms with Crippen molar-refractivity contribution < 1.29 is 46.1 Å². The summed E-state index contributed by atoms with van der Waals surface area (Å²) in [6.45, 7) is 2.90. The van der Waals surface area contributed by atoms with Crippen molar-refractivity contribution in [2.24, 2.45) is 5.92 Å². The highest BCUT2D eigenvalue weighted by atomic mass is 32.2. The molecule has 3 heterocycles. The molecule has 196 valence electrons. The number of phenols is 1. The first-order valence-corrected chi connectivity index (χ1v) is 12.5. The fourth-order valence-electron chi connectivity index (χ4n) is 4.26. The second-order valence-electron chi connectivity index (χ2n) is 8.67. The van der Waals surface area contributed by atoms with Crippen LogP contribution in [-0.4, -0.2) is 76.8 Å². The normalized spacial score (nSPS) is 19.8. The maximum atomic E-state index is 12.8. The summed E-state index contributed by atoms with van der Waals surface area (Å²) in [5.74, 6) is -3.04. The Labute approximate surface area is 205 Å². The zero-order valence-corrected chi connectivity index (χ0v) is 20.1. The van der Waals surface area contributed by atoms with Gasteiger partial charge in [0.25, 0.3) is 5.91 Å². The van der Waals surface area contributed by atoms with E-state index in [-0.39, 0.29) is 36.4 Å². The third-order valence-electron chi connectivity index (χ3n) is 6.15. The lowest BCUT2D eigenvalue weighted by molar-refractivity contribution is -0.192. The number of nitrogens with zero attached hydrogens (tertiary/aromatic N) is 2. The van der Waals surface area contributed by atoms with Gasteiger partial charge >= 0.3 is 12.1 Å². The average Bonchev–Trinajstić information content (AvgIpc) is 3.02. The number of phenolic OH excluding ortho intramolecular Hbond substituents is 1. The predicted octanol–water partition coefficient (Wildman–Crippen LogP) is 2.58. The summed E-state index contributed by atoms with van der Waals surface area (Å²) in [7, 11) is -3.30. The van der Waals surface area contributed by atoms with Crippen molar-refractivity contribution in [1.29, 1.82) is 0 Å². The summed E-state index contributed by atoms with van der Waals surface area (Å²) in [4.78, 5) is 27.5. The molecular formula is C23H25F3N2O7S. The van der Waals surface area contributed by atoms with E-state index in [9.17, 15) is 31.5 Å². The summed E-state index contributed by atoms with van der Waals surface area (Å²) < 4.78 is 62.2. The quantitative estimate of drug-likeness (QED) is 0.603. The Kier molecular flexibility index (Phi) is 7.94. The van der Waals surface area contributed by atoms with E-state index in [0.29, 0.717) is 25.2 Å². The molecule has 0 radical (unpaired) electrons. The van der Waals surface area contributed by atoms with E-state index in [0.717, 1.165) is 11.4 Å². The molecule has 1 aromatic carbocycles. The maximum Gasteiger partial charge on any atom is 0.490 e. The van der Waals surface area contributed by atoms with Crippen molar-refractivity contribution in [3.05, 3.63) is 59.4 Å². The monoisotopic (exact) mass is 530 g/mol. The fraction of sp³-hybridized carbons (Fsp3) is 0.435. The van der Waals surface area contributed by atoms with Crippen molar-refractivity contribution >= 4 is 21.7 Å². The number of carbonyl (C=O) groups excluding carboxylic acids is 1. The number of amides is 1. The number of carbonyl (C=O) groups is 2. The molecule has 1 atom stereocenters.